The zero-order valence-corrected chi connectivity index (χ0v) is 13.7. The Bertz CT molecular complexity index is 699. The van der Waals surface area contributed by atoms with E-state index < -0.39 is 0 Å². The molecule has 2 aromatic carbocycles. The van der Waals surface area contributed by atoms with E-state index in [-0.39, 0.29) is 5.91 Å². The molecule has 0 saturated carbocycles. The van der Waals surface area contributed by atoms with Crippen LogP contribution in [0.5, 0.6) is 11.5 Å². The van der Waals surface area contributed by atoms with Crippen molar-refractivity contribution in [1.29, 1.82) is 0 Å². The fourth-order valence-electron chi connectivity index (χ4n) is 2.28. The van der Waals surface area contributed by atoms with E-state index in [4.69, 9.17) is 15.2 Å². The van der Waals surface area contributed by atoms with Crippen molar-refractivity contribution in [3.8, 4) is 11.5 Å². The summed E-state index contributed by atoms with van der Waals surface area (Å²) < 4.78 is 10.5. The summed E-state index contributed by atoms with van der Waals surface area (Å²) in [5, 5.41) is 2.90. The summed E-state index contributed by atoms with van der Waals surface area (Å²) in [5.74, 6) is 1.29. The van der Waals surface area contributed by atoms with Crippen LogP contribution in [0, 0.1) is 6.92 Å². The number of benzene rings is 2. The maximum atomic E-state index is 12.1. The van der Waals surface area contributed by atoms with E-state index in [2.05, 4.69) is 5.32 Å². The number of rotatable bonds is 6. The van der Waals surface area contributed by atoms with E-state index in [1.165, 1.54) is 0 Å². The quantitative estimate of drug-likeness (QED) is 0.803. The van der Waals surface area contributed by atoms with E-state index in [1.807, 2.05) is 37.3 Å². The molecule has 0 aliphatic carbocycles. The van der Waals surface area contributed by atoms with Crippen molar-refractivity contribution in [2.75, 3.05) is 25.3 Å². The maximum absolute atomic E-state index is 12.1. The minimum atomic E-state index is -0.0477. The van der Waals surface area contributed by atoms with Gasteiger partial charge in [-0.05, 0) is 48.7 Å². The summed E-state index contributed by atoms with van der Waals surface area (Å²) in [4.78, 5) is 12.1. The predicted octanol–water partition coefficient (Wildman–Crippen LogP) is 3.17. The Morgan fingerprint density at radius 3 is 2.52 bits per heavy atom. The number of amides is 1. The van der Waals surface area contributed by atoms with E-state index in [9.17, 15) is 4.79 Å². The van der Waals surface area contributed by atoms with Gasteiger partial charge in [-0.2, -0.15) is 0 Å². The van der Waals surface area contributed by atoms with Crippen LogP contribution in [-0.4, -0.2) is 20.1 Å². The molecule has 0 heterocycles. The highest BCUT2D eigenvalue weighted by molar-refractivity contribution is 5.92. The van der Waals surface area contributed by atoms with Crippen molar-refractivity contribution in [3.63, 3.8) is 0 Å². The van der Waals surface area contributed by atoms with Crippen molar-refractivity contribution >= 4 is 17.3 Å². The van der Waals surface area contributed by atoms with Crippen LogP contribution in [0.3, 0.4) is 0 Å². The number of carbonyl (C=O) groups is 1. The maximum Gasteiger partial charge on any atom is 0.224 e. The molecule has 5 nitrogen and oxygen atoms in total. The van der Waals surface area contributed by atoms with E-state index in [0.717, 1.165) is 16.8 Å². The standard InChI is InChI=1S/C18H22N2O3/c1-12-4-7-14(19)11-15(12)20-18(21)9-6-13-5-8-16(22-2)17(10-13)23-3/h4-5,7-8,10-11H,6,9,19H2,1-3H3,(H,20,21). The molecule has 2 rings (SSSR count). The molecule has 1 amide bonds. The first kappa shape index (κ1) is 16.7. The highest BCUT2D eigenvalue weighted by Crippen LogP contribution is 2.28. The molecule has 23 heavy (non-hydrogen) atoms. The molecule has 5 heteroatoms. The third-order valence-electron chi connectivity index (χ3n) is 3.62. The Morgan fingerprint density at radius 1 is 1.09 bits per heavy atom. The lowest BCUT2D eigenvalue weighted by atomic mass is 10.1. The second-order valence-corrected chi connectivity index (χ2v) is 5.31. The SMILES string of the molecule is COc1ccc(CCC(=O)Nc2cc(N)ccc2C)cc1OC. The molecular weight excluding hydrogens is 292 g/mol. The number of nitrogen functional groups attached to an aromatic ring is 1. The topological polar surface area (TPSA) is 73.6 Å². The van der Waals surface area contributed by atoms with Gasteiger partial charge < -0.3 is 20.5 Å². The normalized spacial score (nSPS) is 10.2. The summed E-state index contributed by atoms with van der Waals surface area (Å²) in [5.41, 5.74) is 9.13. The summed E-state index contributed by atoms with van der Waals surface area (Å²) >= 11 is 0. The van der Waals surface area contributed by atoms with E-state index >= 15 is 0 Å². The lowest BCUT2D eigenvalue weighted by molar-refractivity contribution is -0.116. The van der Waals surface area contributed by atoms with Crippen LogP contribution < -0.4 is 20.5 Å². The fraction of sp³-hybridized carbons (Fsp3) is 0.278. The summed E-state index contributed by atoms with van der Waals surface area (Å²) in [6.07, 6.45) is 0.997. The van der Waals surface area contributed by atoms with Gasteiger partial charge in [0.25, 0.3) is 0 Å². The van der Waals surface area contributed by atoms with Gasteiger partial charge in [0.05, 0.1) is 14.2 Å². The van der Waals surface area contributed by atoms with Gasteiger partial charge in [0, 0.05) is 17.8 Å². The van der Waals surface area contributed by atoms with Crippen LogP contribution in [-0.2, 0) is 11.2 Å². The first-order valence-electron chi connectivity index (χ1n) is 7.40. The molecule has 2 aromatic rings. The van der Waals surface area contributed by atoms with Crippen LogP contribution in [0.4, 0.5) is 11.4 Å². The van der Waals surface area contributed by atoms with Gasteiger partial charge in [-0.1, -0.05) is 12.1 Å². The lowest BCUT2D eigenvalue weighted by Crippen LogP contribution is -2.13. The monoisotopic (exact) mass is 314 g/mol. The molecule has 0 aromatic heterocycles. The van der Waals surface area contributed by atoms with Crippen molar-refractivity contribution in [2.24, 2.45) is 0 Å². The average molecular weight is 314 g/mol. The predicted molar refractivity (Wildman–Crippen MR) is 92.1 cm³/mol. The average Bonchev–Trinajstić information content (AvgIpc) is 2.56. The van der Waals surface area contributed by atoms with Gasteiger partial charge in [0.15, 0.2) is 11.5 Å². The van der Waals surface area contributed by atoms with Crippen LogP contribution in [0.2, 0.25) is 0 Å². The molecule has 0 spiro atoms. The molecule has 0 atom stereocenters. The molecule has 0 unspecified atom stereocenters. The molecule has 0 saturated heterocycles. The summed E-state index contributed by atoms with van der Waals surface area (Å²) in [7, 11) is 3.19. The van der Waals surface area contributed by atoms with E-state index in [0.29, 0.717) is 30.0 Å². The molecule has 0 aliphatic heterocycles. The second-order valence-electron chi connectivity index (χ2n) is 5.31. The summed E-state index contributed by atoms with van der Waals surface area (Å²) in [6.45, 7) is 1.93. The number of hydrogen-bond acceptors (Lipinski definition) is 4. The molecule has 122 valence electrons. The van der Waals surface area contributed by atoms with Crippen molar-refractivity contribution in [3.05, 3.63) is 47.5 Å². The lowest BCUT2D eigenvalue weighted by Gasteiger charge is -2.11. The molecule has 0 fully saturated rings. The number of methoxy groups -OCH3 is 2. The van der Waals surface area contributed by atoms with E-state index in [1.54, 1.807) is 20.3 Å². The Balaban J connectivity index is 1.98. The first-order valence-corrected chi connectivity index (χ1v) is 7.40. The third kappa shape index (κ3) is 4.39. The Morgan fingerprint density at radius 2 is 1.83 bits per heavy atom. The Hall–Kier alpha value is -2.69. The number of ether oxygens (including phenoxy) is 2. The van der Waals surface area contributed by atoms with Crippen LogP contribution in [0.1, 0.15) is 17.5 Å². The number of anilines is 2. The number of nitrogens with two attached hydrogens (primary N) is 1. The van der Waals surface area contributed by atoms with Crippen LogP contribution >= 0.6 is 0 Å². The van der Waals surface area contributed by atoms with Gasteiger partial charge in [-0.3, -0.25) is 4.79 Å². The van der Waals surface area contributed by atoms with Gasteiger partial charge >= 0.3 is 0 Å². The number of aryl methyl sites for hydroxylation is 2. The smallest absolute Gasteiger partial charge is 0.224 e. The van der Waals surface area contributed by atoms with Gasteiger partial charge in [0.1, 0.15) is 0 Å². The summed E-state index contributed by atoms with van der Waals surface area (Å²) in [6, 6.07) is 11.1. The highest BCUT2D eigenvalue weighted by Gasteiger charge is 2.08. The minimum absolute atomic E-state index is 0.0477. The zero-order chi connectivity index (χ0) is 16.8. The van der Waals surface area contributed by atoms with Crippen LogP contribution in [0.25, 0.3) is 0 Å². The molecule has 0 aliphatic rings. The van der Waals surface area contributed by atoms with Crippen molar-refractivity contribution in [2.45, 2.75) is 19.8 Å². The number of nitrogens with one attached hydrogen (secondary N) is 1. The van der Waals surface area contributed by atoms with Gasteiger partial charge in [-0.25, -0.2) is 0 Å². The van der Waals surface area contributed by atoms with Crippen LogP contribution in [0.15, 0.2) is 36.4 Å². The molecule has 0 bridgehead atoms. The highest BCUT2D eigenvalue weighted by atomic mass is 16.5. The Kier molecular flexibility index (Phi) is 5.46. The second kappa shape index (κ2) is 7.54. The number of hydrogen-bond donors (Lipinski definition) is 2. The number of carbonyl (C=O) groups excluding carboxylic acids is 1. The first-order chi connectivity index (χ1) is 11.0. The van der Waals surface area contributed by atoms with Crippen molar-refractivity contribution in [1.82, 2.24) is 0 Å². The molecular formula is C18H22N2O3. The zero-order valence-electron chi connectivity index (χ0n) is 13.7. The largest absolute Gasteiger partial charge is 0.493 e. The fourth-order valence-corrected chi connectivity index (χ4v) is 2.28. The minimum Gasteiger partial charge on any atom is -0.493 e. The van der Waals surface area contributed by atoms with Crippen molar-refractivity contribution < 1.29 is 14.3 Å². The Labute approximate surface area is 136 Å². The van der Waals surface area contributed by atoms with Gasteiger partial charge in [-0.15, -0.1) is 0 Å². The molecule has 3 N–H and O–H groups in total. The van der Waals surface area contributed by atoms with Gasteiger partial charge in [0.2, 0.25) is 5.91 Å². The molecule has 0 radical (unpaired) electrons. The third-order valence-corrected chi connectivity index (χ3v) is 3.62.